The maximum atomic E-state index is 2.63. The van der Waals surface area contributed by atoms with Gasteiger partial charge >= 0.3 is 0 Å². The summed E-state index contributed by atoms with van der Waals surface area (Å²) in [6, 6.07) is 7.55. The first kappa shape index (κ1) is 37.6. The zero-order valence-electron chi connectivity index (χ0n) is 33.0. The van der Waals surface area contributed by atoms with Crippen LogP contribution in [0.4, 0.5) is 0 Å². The fourth-order valence-corrected chi connectivity index (χ4v) is 7.43. The second-order valence-electron chi connectivity index (χ2n) is 21.0. The molecule has 0 heterocycles. The lowest BCUT2D eigenvalue weighted by atomic mass is 9.62. The van der Waals surface area contributed by atoms with Gasteiger partial charge in [-0.25, -0.2) is 0 Å². The molecular weight excluding hydrogens is 516 g/mol. The van der Waals surface area contributed by atoms with Crippen molar-refractivity contribution in [1.29, 1.82) is 0 Å². The van der Waals surface area contributed by atoms with Crippen LogP contribution in [0.25, 0.3) is 0 Å². The van der Waals surface area contributed by atoms with Gasteiger partial charge in [-0.2, -0.15) is 0 Å². The minimum Gasteiger partial charge on any atom is -0.0581 e. The number of rotatable bonds is 3. The Morgan fingerprint density at radius 2 is 0.744 bits per heavy atom. The van der Waals surface area contributed by atoms with E-state index < -0.39 is 0 Å². The fourth-order valence-electron chi connectivity index (χ4n) is 7.43. The van der Waals surface area contributed by atoms with Crippen LogP contribution in [0.2, 0.25) is 0 Å². The molecule has 1 unspecified atom stereocenters. The van der Waals surface area contributed by atoms with Gasteiger partial charge in [0.05, 0.1) is 0 Å². The number of hydrogen-bond acceptors (Lipinski definition) is 0. The van der Waals surface area contributed by atoms with Crippen LogP contribution in [0.3, 0.4) is 0 Å². The molecule has 2 aromatic carbocycles. The summed E-state index contributed by atoms with van der Waals surface area (Å²) in [4.78, 5) is 0. The third-order valence-electron chi connectivity index (χ3n) is 9.17. The SMILES string of the molecule is CC(Cc1c(C(C)(C)C)ccc(C(C)(C)C)c1C(C)(C)C)c1c(C(C)(C)C)cc(C(C)(C)C)c(C(C)(C)C)c1C(C)(C)C. The minimum atomic E-state index is 0.0143. The van der Waals surface area contributed by atoms with E-state index in [1.165, 1.54) is 22.3 Å². The summed E-state index contributed by atoms with van der Waals surface area (Å²) in [6.07, 6.45) is 1.05. The molecule has 0 nitrogen and oxygen atoms in total. The van der Waals surface area contributed by atoms with E-state index in [0.29, 0.717) is 5.92 Å². The second kappa shape index (κ2) is 11.4. The molecular formula is C43H72. The van der Waals surface area contributed by atoms with Gasteiger partial charge in [0.15, 0.2) is 0 Å². The monoisotopic (exact) mass is 589 g/mol. The van der Waals surface area contributed by atoms with E-state index in [9.17, 15) is 0 Å². The smallest absolute Gasteiger partial charge is 0.0126 e. The maximum Gasteiger partial charge on any atom is -0.0126 e. The van der Waals surface area contributed by atoms with Gasteiger partial charge in [-0.15, -0.1) is 0 Å². The van der Waals surface area contributed by atoms with Crippen molar-refractivity contribution in [2.45, 2.75) is 203 Å². The Bertz CT molecular complexity index is 1290. The van der Waals surface area contributed by atoms with Crippen molar-refractivity contribution in [3.63, 3.8) is 0 Å². The largest absolute Gasteiger partial charge is 0.0581 e. The van der Waals surface area contributed by atoms with Crippen LogP contribution < -0.4 is 0 Å². The van der Waals surface area contributed by atoms with E-state index in [4.69, 9.17) is 0 Å². The molecule has 0 fully saturated rings. The summed E-state index contributed by atoms with van der Waals surface area (Å²) in [5.41, 5.74) is 14.3. The molecule has 0 N–H and O–H groups in total. The average molecular weight is 589 g/mol. The summed E-state index contributed by atoms with van der Waals surface area (Å²) in [6.45, 7) is 53.3. The number of hydrogen-bond donors (Lipinski definition) is 0. The van der Waals surface area contributed by atoms with E-state index >= 15 is 0 Å². The normalized spacial score (nSPS) is 15.2. The predicted molar refractivity (Wildman–Crippen MR) is 196 cm³/mol. The molecule has 0 heteroatoms. The lowest BCUT2D eigenvalue weighted by molar-refractivity contribution is 0.476. The summed E-state index contributed by atoms with van der Waals surface area (Å²) >= 11 is 0. The van der Waals surface area contributed by atoms with Gasteiger partial charge in [0.25, 0.3) is 0 Å². The standard InChI is InChI=1S/C43H72/c1-27(25-28-29(37(2,3)4)23-24-30(38(5,6)7)34(28)41(14,15)16)33-31(39(8,9)10)26-32(40(11,12)13)35(42(17,18)19)36(33)43(20,21)22/h23-24,26-27H,25H2,1-22H3. The van der Waals surface area contributed by atoms with E-state index in [2.05, 4.69) is 171 Å². The van der Waals surface area contributed by atoms with E-state index in [1.807, 2.05) is 0 Å². The van der Waals surface area contributed by atoms with E-state index in [0.717, 1.165) is 6.42 Å². The van der Waals surface area contributed by atoms with Crippen molar-refractivity contribution in [2.24, 2.45) is 0 Å². The highest BCUT2D eigenvalue weighted by atomic mass is 14.4. The summed E-state index contributed by atoms with van der Waals surface area (Å²) in [5, 5.41) is 0. The molecule has 244 valence electrons. The summed E-state index contributed by atoms with van der Waals surface area (Å²) < 4.78 is 0. The Labute approximate surface area is 270 Å². The maximum absolute atomic E-state index is 2.63. The van der Waals surface area contributed by atoms with Crippen LogP contribution in [0.15, 0.2) is 18.2 Å². The van der Waals surface area contributed by atoms with Crippen molar-refractivity contribution in [2.75, 3.05) is 0 Å². The first-order chi connectivity index (χ1) is 18.7. The molecule has 0 saturated carbocycles. The molecule has 0 aliphatic rings. The molecule has 0 aliphatic carbocycles. The molecule has 0 radical (unpaired) electrons. The molecule has 0 spiro atoms. The lowest BCUT2D eigenvalue weighted by Crippen LogP contribution is -2.33. The molecule has 0 amide bonds. The van der Waals surface area contributed by atoms with Crippen molar-refractivity contribution < 1.29 is 0 Å². The Kier molecular flexibility index (Phi) is 9.93. The molecule has 2 rings (SSSR count). The Hall–Kier alpha value is -1.56. The predicted octanol–water partition coefficient (Wildman–Crippen LogP) is 13.1. The quantitative estimate of drug-likeness (QED) is 0.334. The van der Waals surface area contributed by atoms with Gasteiger partial charge < -0.3 is 0 Å². The number of benzene rings is 2. The van der Waals surface area contributed by atoms with Crippen molar-refractivity contribution in [1.82, 2.24) is 0 Å². The van der Waals surface area contributed by atoms with Crippen LogP contribution in [0.1, 0.15) is 208 Å². The molecule has 2 aromatic rings. The van der Waals surface area contributed by atoms with Crippen molar-refractivity contribution >= 4 is 0 Å². The second-order valence-corrected chi connectivity index (χ2v) is 21.0. The van der Waals surface area contributed by atoms with Crippen LogP contribution in [-0.4, -0.2) is 0 Å². The van der Waals surface area contributed by atoms with Gasteiger partial charge in [-0.1, -0.05) is 171 Å². The van der Waals surface area contributed by atoms with Gasteiger partial charge in [-0.3, -0.25) is 0 Å². The highest BCUT2D eigenvalue weighted by Crippen LogP contribution is 2.50. The Balaban J connectivity index is 3.24. The van der Waals surface area contributed by atoms with Crippen LogP contribution in [0, 0.1) is 0 Å². The molecule has 0 aromatic heterocycles. The van der Waals surface area contributed by atoms with E-state index in [-0.39, 0.29) is 37.9 Å². The first-order valence-corrected chi connectivity index (χ1v) is 17.1. The lowest BCUT2D eigenvalue weighted by Gasteiger charge is -2.43. The van der Waals surface area contributed by atoms with Crippen LogP contribution in [-0.2, 0) is 44.3 Å². The molecule has 0 aliphatic heterocycles. The van der Waals surface area contributed by atoms with Crippen LogP contribution in [0.5, 0.6) is 0 Å². The highest BCUT2D eigenvalue weighted by Gasteiger charge is 2.39. The molecule has 0 bridgehead atoms. The minimum absolute atomic E-state index is 0.0143. The van der Waals surface area contributed by atoms with Gasteiger partial charge in [0, 0.05) is 0 Å². The molecule has 0 saturated heterocycles. The molecule has 1 atom stereocenters. The third-order valence-corrected chi connectivity index (χ3v) is 9.17. The third kappa shape index (κ3) is 8.19. The van der Waals surface area contributed by atoms with Crippen molar-refractivity contribution in [3.05, 3.63) is 68.3 Å². The first-order valence-electron chi connectivity index (χ1n) is 17.1. The zero-order valence-corrected chi connectivity index (χ0v) is 33.0. The zero-order chi connectivity index (χ0) is 34.1. The Morgan fingerprint density at radius 3 is 1.07 bits per heavy atom. The van der Waals surface area contributed by atoms with Gasteiger partial charge in [0.2, 0.25) is 0 Å². The Morgan fingerprint density at radius 1 is 0.395 bits per heavy atom. The van der Waals surface area contributed by atoms with Gasteiger partial charge in [0.1, 0.15) is 0 Å². The summed E-state index contributed by atoms with van der Waals surface area (Å²) in [7, 11) is 0. The van der Waals surface area contributed by atoms with Gasteiger partial charge in [-0.05, 0) is 100 Å². The van der Waals surface area contributed by atoms with E-state index in [1.54, 1.807) is 27.8 Å². The van der Waals surface area contributed by atoms with Crippen LogP contribution >= 0.6 is 0 Å². The van der Waals surface area contributed by atoms with Crippen molar-refractivity contribution in [3.8, 4) is 0 Å². The fraction of sp³-hybridized carbons (Fsp3) is 0.721. The average Bonchev–Trinajstić information content (AvgIpc) is 2.72. The summed E-state index contributed by atoms with van der Waals surface area (Å²) in [5.74, 6) is 0.371. The highest BCUT2D eigenvalue weighted by molar-refractivity contribution is 5.58. The topological polar surface area (TPSA) is 0 Å². The molecule has 43 heavy (non-hydrogen) atoms.